The molecule has 0 saturated heterocycles. The van der Waals surface area contributed by atoms with Gasteiger partial charge < -0.3 is 10.6 Å². The summed E-state index contributed by atoms with van der Waals surface area (Å²) in [4.78, 5) is 9.74. The normalized spacial score (nSPS) is 15.7. The van der Waals surface area contributed by atoms with Crippen LogP contribution in [-0.4, -0.2) is 38.2 Å². The molecule has 1 atom stereocenters. The van der Waals surface area contributed by atoms with E-state index in [-0.39, 0.29) is 17.0 Å². The quantitative estimate of drug-likeness (QED) is 0.277. The Morgan fingerprint density at radius 2 is 1.68 bits per heavy atom. The molecule has 5 rings (SSSR count). The van der Waals surface area contributed by atoms with Gasteiger partial charge in [-0.1, -0.05) is 37.0 Å². The molecule has 1 aromatic carbocycles. The molecule has 1 fully saturated rings. The van der Waals surface area contributed by atoms with Gasteiger partial charge in [-0.2, -0.15) is 15.1 Å². The molecular weight excluding hydrogens is 498 g/mol. The molecule has 3 heterocycles. The van der Waals surface area contributed by atoms with Crippen LogP contribution in [0, 0.1) is 19.8 Å². The summed E-state index contributed by atoms with van der Waals surface area (Å²) in [6.45, 7) is 10.3. The number of benzene rings is 1. The summed E-state index contributed by atoms with van der Waals surface area (Å²) >= 11 is 0. The average Bonchev–Trinajstić information content (AvgIpc) is 3.49. The first-order chi connectivity index (χ1) is 18.1. The minimum Gasteiger partial charge on any atom is -0.367 e. The second kappa shape index (κ2) is 10.4. The third kappa shape index (κ3) is 5.01. The Morgan fingerprint density at radius 3 is 2.34 bits per heavy atom. The predicted molar refractivity (Wildman–Crippen MR) is 152 cm³/mol. The van der Waals surface area contributed by atoms with Crippen molar-refractivity contribution in [2.45, 2.75) is 83.7 Å². The van der Waals surface area contributed by atoms with Crippen LogP contribution in [0.3, 0.4) is 0 Å². The summed E-state index contributed by atoms with van der Waals surface area (Å²) in [5, 5.41) is 12.1. The molecule has 3 aromatic heterocycles. The number of aryl methyl sites for hydroxylation is 1. The minimum atomic E-state index is -3.86. The second-order valence-corrected chi connectivity index (χ2v) is 12.5. The molecule has 0 unspecified atom stereocenters. The van der Waals surface area contributed by atoms with Gasteiger partial charge in [0.2, 0.25) is 5.95 Å². The van der Waals surface area contributed by atoms with E-state index in [9.17, 15) is 8.42 Å². The first-order valence-electron chi connectivity index (χ1n) is 13.4. The molecule has 38 heavy (non-hydrogen) atoms. The lowest BCUT2D eigenvalue weighted by molar-refractivity contribution is 0.328. The van der Waals surface area contributed by atoms with E-state index in [1.54, 1.807) is 42.7 Å². The zero-order chi connectivity index (χ0) is 27.0. The molecule has 9 nitrogen and oxygen atoms in total. The van der Waals surface area contributed by atoms with Crippen molar-refractivity contribution < 1.29 is 8.42 Å². The molecule has 2 N–H and O–H groups in total. The van der Waals surface area contributed by atoms with Crippen LogP contribution >= 0.6 is 0 Å². The molecule has 0 aliphatic heterocycles. The van der Waals surface area contributed by atoms with Crippen molar-refractivity contribution in [1.29, 1.82) is 0 Å². The molecule has 202 valence electrons. The first kappa shape index (κ1) is 26.2. The third-order valence-corrected chi connectivity index (χ3v) is 9.27. The Morgan fingerprint density at radius 1 is 0.974 bits per heavy atom. The van der Waals surface area contributed by atoms with E-state index in [1.807, 2.05) is 18.5 Å². The molecule has 1 aliphatic rings. The van der Waals surface area contributed by atoms with Gasteiger partial charge in [0, 0.05) is 18.3 Å². The number of nitrogens with zero attached hydrogens (tertiary/aromatic N) is 5. The number of hydrogen-bond donors (Lipinski definition) is 2. The van der Waals surface area contributed by atoms with Crippen molar-refractivity contribution in [2.75, 3.05) is 10.6 Å². The Hall–Kier alpha value is -3.40. The van der Waals surface area contributed by atoms with E-state index in [0.29, 0.717) is 28.7 Å². The van der Waals surface area contributed by atoms with E-state index in [4.69, 9.17) is 9.97 Å². The Balaban J connectivity index is 1.59. The highest BCUT2D eigenvalue weighted by molar-refractivity contribution is 7.90. The topological polar surface area (TPSA) is 107 Å². The van der Waals surface area contributed by atoms with Crippen LogP contribution in [0.15, 0.2) is 47.6 Å². The van der Waals surface area contributed by atoms with Gasteiger partial charge >= 0.3 is 0 Å². The molecule has 0 spiro atoms. The van der Waals surface area contributed by atoms with Crippen molar-refractivity contribution >= 4 is 38.5 Å². The maximum absolute atomic E-state index is 13.7. The van der Waals surface area contributed by atoms with E-state index < -0.39 is 10.0 Å². The van der Waals surface area contributed by atoms with Crippen molar-refractivity contribution in [3.8, 4) is 0 Å². The summed E-state index contributed by atoms with van der Waals surface area (Å²) in [5.74, 6) is 1.50. The fraction of sp³-hybridized carbons (Fsp3) is 0.464. The van der Waals surface area contributed by atoms with Gasteiger partial charge in [0.15, 0.2) is 5.65 Å². The summed E-state index contributed by atoms with van der Waals surface area (Å²) in [7, 11) is -3.86. The van der Waals surface area contributed by atoms with Gasteiger partial charge in [-0.3, -0.25) is 4.68 Å². The van der Waals surface area contributed by atoms with E-state index in [0.717, 1.165) is 16.9 Å². The summed E-state index contributed by atoms with van der Waals surface area (Å²) in [5.41, 5.74) is 3.06. The highest BCUT2D eigenvalue weighted by Gasteiger charge is 2.25. The molecule has 1 aliphatic carbocycles. The van der Waals surface area contributed by atoms with Crippen LogP contribution in [0.25, 0.3) is 11.0 Å². The Kier molecular flexibility index (Phi) is 7.17. The standard InChI is InChI=1S/C28H37N7O2S/c1-18(2)35-21(5)25(17-29-35)31-28-32-26(30-20(4)22-9-7-6-8-10-22)24-15-16-34(27(24)33-28)38(36,37)23-13-11-19(3)12-14-23/h11-18,20,22H,6-10H2,1-5H3,(H2,30,31,32,33)/t20-/m0/s1. The fourth-order valence-corrected chi connectivity index (χ4v) is 6.63. The van der Waals surface area contributed by atoms with Crippen molar-refractivity contribution in [3.63, 3.8) is 0 Å². The molecule has 10 heteroatoms. The number of hydrogen-bond acceptors (Lipinski definition) is 7. The number of fused-ring (bicyclic) bond motifs is 1. The van der Waals surface area contributed by atoms with E-state index in [1.165, 1.54) is 36.1 Å². The SMILES string of the molecule is Cc1ccc(S(=O)(=O)n2ccc3c(N[C@@H](C)C4CCCCC4)nc(Nc4cnn(C(C)C)c4C)nc32)cc1. The summed E-state index contributed by atoms with van der Waals surface area (Å²) in [6.07, 6.45) is 9.46. The predicted octanol–water partition coefficient (Wildman–Crippen LogP) is 6.19. The van der Waals surface area contributed by atoms with Crippen LogP contribution in [-0.2, 0) is 10.0 Å². The monoisotopic (exact) mass is 535 g/mol. The van der Waals surface area contributed by atoms with Gasteiger partial charge in [-0.25, -0.2) is 12.4 Å². The van der Waals surface area contributed by atoms with Crippen LogP contribution < -0.4 is 10.6 Å². The van der Waals surface area contributed by atoms with Crippen LogP contribution in [0.2, 0.25) is 0 Å². The van der Waals surface area contributed by atoms with Crippen LogP contribution in [0.4, 0.5) is 17.5 Å². The van der Waals surface area contributed by atoms with Gasteiger partial charge in [0.05, 0.1) is 27.9 Å². The Bertz CT molecular complexity index is 1530. The zero-order valence-electron chi connectivity index (χ0n) is 22.8. The molecular formula is C28H37N7O2S. The van der Waals surface area contributed by atoms with Gasteiger partial charge in [0.25, 0.3) is 10.0 Å². The molecule has 0 bridgehead atoms. The maximum Gasteiger partial charge on any atom is 0.269 e. The Labute approximate surface area is 224 Å². The highest BCUT2D eigenvalue weighted by Crippen LogP contribution is 2.32. The van der Waals surface area contributed by atoms with E-state index >= 15 is 0 Å². The highest BCUT2D eigenvalue weighted by atomic mass is 32.2. The fourth-order valence-electron chi connectivity index (χ4n) is 5.33. The van der Waals surface area contributed by atoms with Crippen LogP contribution in [0.5, 0.6) is 0 Å². The number of nitrogens with one attached hydrogen (secondary N) is 2. The van der Waals surface area contributed by atoms with Crippen molar-refractivity contribution in [1.82, 2.24) is 23.7 Å². The average molecular weight is 536 g/mol. The third-order valence-electron chi connectivity index (χ3n) is 7.59. The first-order valence-corrected chi connectivity index (χ1v) is 14.9. The van der Waals surface area contributed by atoms with Crippen molar-refractivity contribution in [2.24, 2.45) is 5.92 Å². The number of aromatic nitrogens is 5. The van der Waals surface area contributed by atoms with Gasteiger partial charge in [0.1, 0.15) is 5.82 Å². The van der Waals surface area contributed by atoms with E-state index in [2.05, 4.69) is 36.5 Å². The summed E-state index contributed by atoms with van der Waals surface area (Å²) < 4.78 is 30.5. The minimum absolute atomic E-state index is 0.198. The maximum atomic E-state index is 13.7. The summed E-state index contributed by atoms with van der Waals surface area (Å²) in [6, 6.07) is 9.05. The molecule has 4 aromatic rings. The molecule has 1 saturated carbocycles. The zero-order valence-corrected chi connectivity index (χ0v) is 23.6. The number of anilines is 3. The van der Waals surface area contributed by atoms with Crippen molar-refractivity contribution in [3.05, 3.63) is 54.0 Å². The smallest absolute Gasteiger partial charge is 0.269 e. The second-order valence-electron chi connectivity index (χ2n) is 10.7. The lowest BCUT2D eigenvalue weighted by atomic mass is 9.84. The lowest BCUT2D eigenvalue weighted by Gasteiger charge is -2.28. The van der Waals surface area contributed by atoms with Gasteiger partial charge in [-0.05, 0) is 71.6 Å². The molecule has 0 radical (unpaired) electrons. The largest absolute Gasteiger partial charge is 0.367 e. The molecule has 0 amide bonds. The lowest BCUT2D eigenvalue weighted by Crippen LogP contribution is -2.28. The van der Waals surface area contributed by atoms with Crippen LogP contribution in [0.1, 0.15) is 70.2 Å². The number of rotatable bonds is 8. The van der Waals surface area contributed by atoms with Gasteiger partial charge in [-0.15, -0.1) is 0 Å².